The average molecular weight is 433 g/mol. The van der Waals surface area contributed by atoms with E-state index in [2.05, 4.69) is 5.32 Å². The molecular formula is C18H27NO11. The lowest BCUT2D eigenvalue weighted by Gasteiger charge is -2.44. The molecule has 1 saturated heterocycles. The number of nitrogens with one attached hydrogen (secondary N) is 1. The van der Waals surface area contributed by atoms with Crippen LogP contribution in [-0.2, 0) is 47.6 Å². The van der Waals surface area contributed by atoms with E-state index >= 15 is 0 Å². The standard InChI is InChI=1S/C18H27NO11/c1-6-7-25-18(24)19-17-16(29-12(5)23)15(28-11(4)22)14(27-10(3)21)13(30-17)8-26-9(2)20/h13-17H,6-8H2,1-5H3,(H,19,24)/t13-,14+,15+,16-,17-/m1/s1. The molecule has 1 N–H and O–H groups in total. The molecule has 0 bridgehead atoms. The van der Waals surface area contributed by atoms with Crippen LogP contribution in [0, 0.1) is 0 Å². The van der Waals surface area contributed by atoms with Gasteiger partial charge in [-0.1, -0.05) is 6.92 Å². The SMILES string of the molecule is CCCOC(=O)N[C@@H]1O[C@H](COC(C)=O)[C@H](OC(C)=O)[C@H](OC(C)=O)[C@H]1OC(C)=O. The molecule has 1 amide bonds. The highest BCUT2D eigenvalue weighted by Gasteiger charge is 2.52. The van der Waals surface area contributed by atoms with Crippen LogP contribution < -0.4 is 5.32 Å². The van der Waals surface area contributed by atoms with Gasteiger partial charge in [-0.2, -0.15) is 0 Å². The maximum absolute atomic E-state index is 12.0. The van der Waals surface area contributed by atoms with E-state index in [0.717, 1.165) is 27.7 Å². The normalized spacial score (nSPS) is 25.4. The van der Waals surface area contributed by atoms with Crippen molar-refractivity contribution in [3.63, 3.8) is 0 Å². The molecule has 5 atom stereocenters. The minimum atomic E-state index is -1.38. The van der Waals surface area contributed by atoms with Gasteiger partial charge in [0.2, 0.25) is 0 Å². The third-order valence-electron chi connectivity index (χ3n) is 3.69. The molecule has 1 rings (SSSR count). The molecule has 30 heavy (non-hydrogen) atoms. The van der Waals surface area contributed by atoms with Gasteiger partial charge in [0.1, 0.15) is 12.7 Å². The van der Waals surface area contributed by atoms with Gasteiger partial charge in [-0.25, -0.2) is 4.79 Å². The fourth-order valence-electron chi connectivity index (χ4n) is 2.70. The van der Waals surface area contributed by atoms with Gasteiger partial charge in [0.25, 0.3) is 0 Å². The number of ether oxygens (including phenoxy) is 6. The van der Waals surface area contributed by atoms with Crippen LogP contribution in [0.25, 0.3) is 0 Å². The Morgan fingerprint density at radius 2 is 1.30 bits per heavy atom. The molecule has 1 fully saturated rings. The summed E-state index contributed by atoms with van der Waals surface area (Å²) in [6.45, 7) is 6.00. The number of alkyl carbamates (subject to hydrolysis) is 1. The van der Waals surface area contributed by atoms with Crippen molar-refractivity contribution in [1.82, 2.24) is 5.32 Å². The van der Waals surface area contributed by atoms with Crippen molar-refractivity contribution in [3.05, 3.63) is 0 Å². The molecule has 12 heteroatoms. The Bertz CT molecular complexity index is 650. The molecule has 1 aliphatic rings. The smallest absolute Gasteiger partial charge is 0.409 e. The van der Waals surface area contributed by atoms with Gasteiger partial charge in [0, 0.05) is 27.7 Å². The van der Waals surface area contributed by atoms with Gasteiger partial charge in [0.05, 0.1) is 6.61 Å². The molecule has 0 aromatic rings. The summed E-state index contributed by atoms with van der Waals surface area (Å²) in [6.07, 6.45) is -6.84. The minimum absolute atomic E-state index is 0.122. The highest BCUT2D eigenvalue weighted by molar-refractivity contribution is 5.70. The molecule has 0 spiro atoms. The van der Waals surface area contributed by atoms with Crippen LogP contribution in [0.1, 0.15) is 41.0 Å². The lowest BCUT2D eigenvalue weighted by atomic mass is 9.97. The first kappa shape index (κ1) is 25.1. The monoisotopic (exact) mass is 433 g/mol. The fraction of sp³-hybridized carbons (Fsp3) is 0.722. The van der Waals surface area contributed by atoms with Crippen LogP contribution in [0.4, 0.5) is 4.79 Å². The first-order valence-corrected chi connectivity index (χ1v) is 9.28. The molecule has 1 heterocycles. The number of hydrogen-bond acceptors (Lipinski definition) is 11. The summed E-state index contributed by atoms with van der Waals surface area (Å²) in [6, 6.07) is 0. The van der Waals surface area contributed by atoms with Gasteiger partial charge in [-0.05, 0) is 6.42 Å². The zero-order valence-corrected chi connectivity index (χ0v) is 17.5. The molecule has 0 aromatic carbocycles. The Morgan fingerprint density at radius 1 is 0.767 bits per heavy atom. The van der Waals surface area contributed by atoms with Crippen LogP contribution in [0.2, 0.25) is 0 Å². The van der Waals surface area contributed by atoms with E-state index in [1.54, 1.807) is 6.92 Å². The van der Waals surface area contributed by atoms with Gasteiger partial charge in [-0.15, -0.1) is 0 Å². The third-order valence-corrected chi connectivity index (χ3v) is 3.69. The summed E-state index contributed by atoms with van der Waals surface area (Å²) >= 11 is 0. The van der Waals surface area contributed by atoms with Crippen LogP contribution in [-0.4, -0.2) is 73.8 Å². The molecule has 0 unspecified atom stereocenters. The zero-order chi connectivity index (χ0) is 22.8. The van der Waals surface area contributed by atoms with Crippen molar-refractivity contribution in [2.45, 2.75) is 71.7 Å². The van der Waals surface area contributed by atoms with Crippen LogP contribution in [0.5, 0.6) is 0 Å². The van der Waals surface area contributed by atoms with Crippen molar-refractivity contribution < 1.29 is 52.4 Å². The Kier molecular flexibility index (Phi) is 10.0. The third kappa shape index (κ3) is 8.23. The first-order chi connectivity index (χ1) is 14.0. The minimum Gasteiger partial charge on any atom is -0.463 e. The number of rotatable bonds is 8. The average Bonchev–Trinajstić information content (AvgIpc) is 2.62. The largest absolute Gasteiger partial charge is 0.463 e. The maximum atomic E-state index is 12.0. The molecule has 0 radical (unpaired) electrons. The maximum Gasteiger partial charge on any atom is 0.409 e. The number of carbonyl (C=O) groups is 5. The van der Waals surface area contributed by atoms with E-state index in [0.29, 0.717) is 6.42 Å². The van der Waals surface area contributed by atoms with Gasteiger partial charge < -0.3 is 28.4 Å². The topological polar surface area (TPSA) is 153 Å². The lowest BCUT2D eigenvalue weighted by Crippen LogP contribution is -2.66. The Labute approximate surface area is 173 Å². The fourth-order valence-corrected chi connectivity index (χ4v) is 2.70. The van der Waals surface area contributed by atoms with Gasteiger partial charge in [0.15, 0.2) is 24.5 Å². The van der Waals surface area contributed by atoms with E-state index in [-0.39, 0.29) is 13.2 Å². The summed E-state index contributed by atoms with van der Waals surface area (Å²) in [5.74, 6) is -2.92. The zero-order valence-electron chi connectivity index (χ0n) is 17.5. The predicted molar refractivity (Wildman–Crippen MR) is 96.7 cm³/mol. The highest BCUT2D eigenvalue weighted by atomic mass is 16.7. The Balaban J connectivity index is 3.27. The van der Waals surface area contributed by atoms with Crippen LogP contribution in [0.3, 0.4) is 0 Å². The molecule has 0 aliphatic carbocycles. The quantitative estimate of drug-likeness (QED) is 0.413. The van der Waals surface area contributed by atoms with Crippen molar-refractivity contribution in [3.8, 4) is 0 Å². The van der Waals surface area contributed by atoms with E-state index in [9.17, 15) is 24.0 Å². The first-order valence-electron chi connectivity index (χ1n) is 9.28. The number of esters is 4. The van der Waals surface area contributed by atoms with E-state index < -0.39 is 60.6 Å². The van der Waals surface area contributed by atoms with Gasteiger partial charge >= 0.3 is 30.0 Å². The van der Waals surface area contributed by atoms with E-state index in [4.69, 9.17) is 28.4 Å². The molecule has 1 aliphatic heterocycles. The van der Waals surface area contributed by atoms with Crippen molar-refractivity contribution in [2.24, 2.45) is 0 Å². The highest BCUT2D eigenvalue weighted by Crippen LogP contribution is 2.28. The van der Waals surface area contributed by atoms with Crippen LogP contribution >= 0.6 is 0 Å². The molecule has 170 valence electrons. The van der Waals surface area contributed by atoms with E-state index in [1.165, 1.54) is 0 Å². The second-order valence-electron chi connectivity index (χ2n) is 6.40. The molecular weight excluding hydrogens is 406 g/mol. The van der Waals surface area contributed by atoms with Gasteiger partial charge in [-0.3, -0.25) is 24.5 Å². The second kappa shape index (κ2) is 12.0. The van der Waals surface area contributed by atoms with Crippen molar-refractivity contribution in [2.75, 3.05) is 13.2 Å². The lowest BCUT2D eigenvalue weighted by molar-refractivity contribution is -0.256. The summed E-state index contributed by atoms with van der Waals surface area (Å²) in [5.41, 5.74) is 0. The summed E-state index contributed by atoms with van der Waals surface area (Å²) < 4.78 is 31.2. The summed E-state index contributed by atoms with van der Waals surface area (Å²) in [7, 11) is 0. The molecule has 12 nitrogen and oxygen atoms in total. The number of carbonyl (C=O) groups excluding carboxylic acids is 5. The predicted octanol–water partition coefficient (Wildman–Crippen LogP) is 0.206. The number of hydrogen-bond donors (Lipinski definition) is 1. The van der Waals surface area contributed by atoms with Crippen molar-refractivity contribution in [1.29, 1.82) is 0 Å². The summed E-state index contributed by atoms with van der Waals surface area (Å²) in [4.78, 5) is 58.2. The van der Waals surface area contributed by atoms with Crippen molar-refractivity contribution >= 4 is 30.0 Å². The summed E-state index contributed by atoms with van der Waals surface area (Å²) in [5, 5.41) is 2.37. The van der Waals surface area contributed by atoms with Crippen LogP contribution in [0.15, 0.2) is 0 Å². The number of amides is 1. The Morgan fingerprint density at radius 3 is 1.80 bits per heavy atom. The van der Waals surface area contributed by atoms with E-state index in [1.807, 2.05) is 0 Å². The Hall–Kier alpha value is -2.89. The molecule has 0 saturated carbocycles. The second-order valence-corrected chi connectivity index (χ2v) is 6.40. The molecule has 0 aromatic heterocycles.